The molecule has 0 unspecified atom stereocenters. The topological polar surface area (TPSA) is 0 Å². The molecule has 0 aromatic carbocycles. The first kappa shape index (κ1) is 10.8. The molecule has 0 aromatic rings. The fourth-order valence-corrected chi connectivity index (χ4v) is 1.23. The van der Waals surface area contributed by atoms with Crippen LogP contribution in [0.15, 0.2) is 60.8 Å². The average Bonchev–Trinajstić information content (AvgIpc) is 2.22. The van der Waals surface area contributed by atoms with Crippen molar-refractivity contribution >= 4 is 0 Å². The summed E-state index contributed by atoms with van der Waals surface area (Å²) >= 11 is 0. The smallest absolute Gasteiger partial charge is 0.0166 e. The Morgan fingerprint density at radius 1 is 0.500 bits per heavy atom. The maximum atomic E-state index is 2.27. The number of hydrogen-bond acceptors (Lipinski definition) is 0. The van der Waals surface area contributed by atoms with Crippen molar-refractivity contribution in [1.29, 1.82) is 0 Å². The van der Waals surface area contributed by atoms with Crippen LogP contribution >= 0.6 is 0 Å². The van der Waals surface area contributed by atoms with Gasteiger partial charge in [-0.2, -0.15) is 0 Å². The Labute approximate surface area is 87.0 Å². The molecule has 0 aromatic heterocycles. The van der Waals surface area contributed by atoms with E-state index in [4.69, 9.17) is 0 Å². The molecule has 1 aliphatic carbocycles. The molecule has 0 atom stereocenters. The highest BCUT2D eigenvalue weighted by atomic mass is 13.9. The van der Waals surface area contributed by atoms with Gasteiger partial charge >= 0.3 is 0 Å². The predicted molar refractivity (Wildman–Crippen MR) is 64.2 cm³/mol. The molecule has 0 bridgehead atoms. The molecule has 0 fully saturated rings. The van der Waals surface area contributed by atoms with Crippen molar-refractivity contribution in [2.75, 3.05) is 0 Å². The zero-order chi connectivity index (χ0) is 9.90. The van der Waals surface area contributed by atoms with Gasteiger partial charge in [-0.3, -0.25) is 0 Å². The highest BCUT2D eigenvalue weighted by molar-refractivity contribution is 5.15. The third kappa shape index (κ3) is 6.24. The summed E-state index contributed by atoms with van der Waals surface area (Å²) in [5.41, 5.74) is 0. The van der Waals surface area contributed by atoms with Crippen LogP contribution in [0.25, 0.3) is 0 Å². The van der Waals surface area contributed by atoms with Crippen LogP contribution in [-0.4, -0.2) is 0 Å². The average molecular weight is 186 g/mol. The van der Waals surface area contributed by atoms with Crippen LogP contribution in [0, 0.1) is 0 Å². The third-order valence-electron chi connectivity index (χ3n) is 2.01. The van der Waals surface area contributed by atoms with Crippen molar-refractivity contribution < 1.29 is 0 Å². The first-order valence-electron chi connectivity index (χ1n) is 5.30. The van der Waals surface area contributed by atoms with E-state index in [-0.39, 0.29) is 0 Å². The molecular weight excluding hydrogens is 168 g/mol. The van der Waals surface area contributed by atoms with Crippen molar-refractivity contribution in [3.63, 3.8) is 0 Å². The monoisotopic (exact) mass is 186 g/mol. The molecule has 0 heteroatoms. The molecule has 0 saturated heterocycles. The Morgan fingerprint density at radius 3 is 2.00 bits per heavy atom. The number of allylic oxidation sites excluding steroid dienone is 10. The van der Waals surface area contributed by atoms with Crippen molar-refractivity contribution in [2.24, 2.45) is 0 Å². The summed E-state index contributed by atoms with van der Waals surface area (Å²) in [6.07, 6.45) is 26.0. The fourth-order valence-electron chi connectivity index (χ4n) is 1.23. The minimum absolute atomic E-state index is 1.05. The van der Waals surface area contributed by atoms with Gasteiger partial charge in [0.15, 0.2) is 0 Å². The van der Waals surface area contributed by atoms with Crippen LogP contribution in [0.5, 0.6) is 0 Å². The highest BCUT2D eigenvalue weighted by Gasteiger charge is 1.79. The maximum Gasteiger partial charge on any atom is -0.0166 e. The van der Waals surface area contributed by atoms with Crippen molar-refractivity contribution in [3.8, 4) is 0 Å². The van der Waals surface area contributed by atoms with Gasteiger partial charge in [0, 0.05) is 0 Å². The maximum absolute atomic E-state index is 2.27. The molecule has 1 aliphatic rings. The molecular formula is C14H18. The SMILES string of the molecule is C1=C\C=C\CCC/C=C\C/C=C/C=C/1. The van der Waals surface area contributed by atoms with Crippen LogP contribution in [-0.2, 0) is 0 Å². The van der Waals surface area contributed by atoms with Crippen LogP contribution in [0.2, 0.25) is 0 Å². The van der Waals surface area contributed by atoms with Gasteiger partial charge in [0.05, 0.1) is 0 Å². The minimum atomic E-state index is 1.05. The number of hydrogen-bond donors (Lipinski definition) is 0. The van der Waals surface area contributed by atoms with E-state index in [1.807, 2.05) is 0 Å². The largest absolute Gasteiger partial charge is 0.0882 e. The minimum Gasteiger partial charge on any atom is -0.0882 e. The fraction of sp³-hybridized carbons (Fsp3) is 0.286. The Balaban J connectivity index is 2.46. The lowest BCUT2D eigenvalue weighted by molar-refractivity contribution is 0.866. The summed E-state index contributed by atoms with van der Waals surface area (Å²) in [5, 5.41) is 0. The summed E-state index contributed by atoms with van der Waals surface area (Å²) in [4.78, 5) is 0. The molecule has 0 nitrogen and oxygen atoms in total. The second kappa shape index (κ2) is 8.31. The Morgan fingerprint density at radius 2 is 1.14 bits per heavy atom. The summed E-state index contributed by atoms with van der Waals surface area (Å²) in [6, 6.07) is 0. The lowest BCUT2D eigenvalue weighted by Gasteiger charge is -1.89. The predicted octanol–water partition coefficient (Wildman–Crippen LogP) is 4.34. The Hall–Kier alpha value is -1.30. The summed E-state index contributed by atoms with van der Waals surface area (Å²) in [6.45, 7) is 0. The molecule has 0 N–H and O–H groups in total. The number of rotatable bonds is 0. The van der Waals surface area contributed by atoms with Crippen molar-refractivity contribution in [1.82, 2.24) is 0 Å². The summed E-state index contributed by atoms with van der Waals surface area (Å²) < 4.78 is 0. The zero-order valence-electron chi connectivity index (χ0n) is 8.60. The van der Waals surface area contributed by atoms with Crippen molar-refractivity contribution in [3.05, 3.63) is 60.8 Å². The summed E-state index contributed by atoms with van der Waals surface area (Å²) in [5.74, 6) is 0. The quantitative estimate of drug-likeness (QED) is 0.494. The third-order valence-corrected chi connectivity index (χ3v) is 2.01. The first-order valence-corrected chi connectivity index (χ1v) is 5.30. The summed E-state index contributed by atoms with van der Waals surface area (Å²) in [7, 11) is 0. The molecule has 0 spiro atoms. The zero-order valence-corrected chi connectivity index (χ0v) is 8.60. The van der Waals surface area contributed by atoms with Gasteiger partial charge in [-0.25, -0.2) is 0 Å². The van der Waals surface area contributed by atoms with E-state index in [0.29, 0.717) is 0 Å². The highest BCUT2D eigenvalue weighted by Crippen LogP contribution is 2.00. The molecule has 1 rings (SSSR count). The molecule has 0 radical (unpaired) electrons. The van der Waals surface area contributed by atoms with Gasteiger partial charge in [-0.15, -0.1) is 0 Å². The molecule has 0 heterocycles. The lowest BCUT2D eigenvalue weighted by Crippen LogP contribution is -1.69. The van der Waals surface area contributed by atoms with Gasteiger partial charge < -0.3 is 0 Å². The van der Waals surface area contributed by atoms with E-state index in [1.54, 1.807) is 0 Å². The molecule has 0 aliphatic heterocycles. The molecule has 0 amide bonds. The Kier molecular flexibility index (Phi) is 6.39. The molecule has 14 heavy (non-hydrogen) atoms. The van der Waals surface area contributed by atoms with E-state index in [2.05, 4.69) is 60.8 Å². The van der Waals surface area contributed by atoms with Crippen molar-refractivity contribution in [2.45, 2.75) is 25.7 Å². The molecule has 0 saturated carbocycles. The van der Waals surface area contributed by atoms with E-state index in [1.165, 1.54) is 19.3 Å². The van der Waals surface area contributed by atoms with E-state index >= 15 is 0 Å². The second-order valence-corrected chi connectivity index (χ2v) is 3.26. The van der Waals surface area contributed by atoms with E-state index in [9.17, 15) is 0 Å². The van der Waals surface area contributed by atoms with Crippen LogP contribution in [0.1, 0.15) is 25.7 Å². The van der Waals surface area contributed by atoms with Gasteiger partial charge in [-0.1, -0.05) is 60.8 Å². The van der Waals surface area contributed by atoms with Gasteiger partial charge in [0.2, 0.25) is 0 Å². The molecule has 74 valence electrons. The van der Waals surface area contributed by atoms with Gasteiger partial charge in [0.1, 0.15) is 0 Å². The van der Waals surface area contributed by atoms with Crippen LogP contribution < -0.4 is 0 Å². The van der Waals surface area contributed by atoms with Crippen LogP contribution in [0.3, 0.4) is 0 Å². The normalized spacial score (nSPS) is 29.7. The van der Waals surface area contributed by atoms with Crippen LogP contribution in [0.4, 0.5) is 0 Å². The first-order chi connectivity index (χ1) is 7.00. The van der Waals surface area contributed by atoms with Gasteiger partial charge in [0.25, 0.3) is 0 Å². The van der Waals surface area contributed by atoms with Gasteiger partial charge in [-0.05, 0) is 25.7 Å². The lowest BCUT2D eigenvalue weighted by atomic mass is 10.2. The van der Waals surface area contributed by atoms with E-state index in [0.717, 1.165) is 6.42 Å². The standard InChI is InChI=1S/C14H18/c1-2-4-6-8-10-12-14-13-11-9-7-5-3-1/h1-8,11,13H,9-10,12,14H2/b3-1+,4-2-,7-5+,8-6+,13-11-. The Bertz CT molecular complexity index is 262. The second-order valence-electron chi connectivity index (χ2n) is 3.26. The van der Waals surface area contributed by atoms with E-state index < -0.39 is 0 Å².